The van der Waals surface area contributed by atoms with E-state index in [-0.39, 0.29) is 22.0 Å². The predicted molar refractivity (Wildman–Crippen MR) is 64.4 cm³/mol. The van der Waals surface area contributed by atoms with Crippen LogP contribution in [-0.4, -0.2) is 0 Å². The summed E-state index contributed by atoms with van der Waals surface area (Å²) in [5, 5.41) is 0. The molecule has 0 saturated heterocycles. The monoisotopic (exact) mass is 236 g/mol. The molecular weight excluding hydrogens is 216 g/mol. The molecule has 0 atom stereocenters. The van der Waals surface area contributed by atoms with Crippen LogP contribution >= 0.6 is 0 Å². The Labute approximate surface area is 105 Å². The number of allylic oxidation sites excluding steroid dienone is 8. The van der Waals surface area contributed by atoms with Crippen LogP contribution in [0.2, 0.25) is 0 Å². The molecule has 0 bridgehead atoms. The van der Waals surface area contributed by atoms with Crippen molar-refractivity contribution in [2.45, 2.75) is 39.0 Å². The summed E-state index contributed by atoms with van der Waals surface area (Å²) in [6.45, 7) is 2.28. The summed E-state index contributed by atoms with van der Waals surface area (Å²) in [6.07, 6.45) is 18.0. The summed E-state index contributed by atoms with van der Waals surface area (Å²) in [5.41, 5.74) is 1.67. The molecule has 0 amide bonds. The third-order valence-electron chi connectivity index (χ3n) is 2.91. The zero-order chi connectivity index (χ0) is 10.5. The van der Waals surface area contributed by atoms with E-state index in [0.29, 0.717) is 0 Å². The first-order chi connectivity index (χ1) is 7.40. The van der Waals surface area contributed by atoms with Crippen LogP contribution in [-0.2, 0) is 19.2 Å². The number of hydrogen-bond acceptors (Lipinski definition) is 0. The van der Waals surface area contributed by atoms with Gasteiger partial charge >= 0.3 is 102 Å². The van der Waals surface area contributed by atoms with Gasteiger partial charge in [0.2, 0.25) is 0 Å². The molecule has 0 fully saturated rings. The average Bonchev–Trinajstić information content (AvgIpc) is 2.87. The maximum absolute atomic E-state index is 2.37. The van der Waals surface area contributed by atoms with Crippen molar-refractivity contribution in [3.05, 3.63) is 43.7 Å². The van der Waals surface area contributed by atoms with Crippen LogP contribution in [0.15, 0.2) is 43.7 Å². The zero-order valence-electron chi connectivity index (χ0n) is 11.4. The van der Waals surface area contributed by atoms with Gasteiger partial charge in [0.25, 0.3) is 0 Å². The third kappa shape index (κ3) is 3.06. The Morgan fingerprint density at radius 2 is 2.27 bits per heavy atom. The van der Waals surface area contributed by atoms with Crippen molar-refractivity contribution in [3.8, 4) is 0 Å². The van der Waals surface area contributed by atoms with E-state index in [0.717, 1.165) is 0 Å². The minimum absolute atomic E-state index is 0. The first-order valence-corrected chi connectivity index (χ1v) is 7.47. The molecule has 0 saturated carbocycles. The van der Waals surface area contributed by atoms with Crippen LogP contribution in [0, 0.1) is 0 Å². The molecule has 0 aromatic heterocycles. The Balaban J connectivity index is 0.00000128. The van der Waals surface area contributed by atoms with Gasteiger partial charge in [-0.1, -0.05) is 0 Å². The summed E-state index contributed by atoms with van der Waals surface area (Å²) in [6, 6.07) is 0. The normalized spacial score (nSPS) is 18.9. The summed E-state index contributed by atoms with van der Waals surface area (Å²) < 4.78 is 3.50. The largest absolute Gasteiger partial charge is 1.00 e. The molecule has 0 heterocycles. The fraction of sp³-hybridized carbons (Fsp3) is 0.429. The van der Waals surface area contributed by atoms with Crippen LogP contribution in [0.25, 0.3) is 0 Å². The molecule has 0 radical (unpaired) electrons. The summed E-state index contributed by atoms with van der Waals surface area (Å²) in [7, 11) is 0. The van der Waals surface area contributed by atoms with E-state index >= 15 is 0 Å². The summed E-state index contributed by atoms with van der Waals surface area (Å²) in [5.74, 6) is 0. The van der Waals surface area contributed by atoms with Crippen molar-refractivity contribution in [1.29, 1.82) is 0 Å². The maximum atomic E-state index is 2.37. The topological polar surface area (TPSA) is 0 Å². The zero-order valence-corrected chi connectivity index (χ0v) is 11.0. The predicted octanol–water partition coefficient (Wildman–Crippen LogP) is 4.54. The van der Waals surface area contributed by atoms with Crippen molar-refractivity contribution in [1.82, 2.24) is 0 Å². The van der Waals surface area contributed by atoms with E-state index < -0.39 is 0 Å². The fourth-order valence-electron chi connectivity index (χ4n) is 2.02. The van der Waals surface area contributed by atoms with Crippen LogP contribution in [0.3, 0.4) is 0 Å². The molecule has 82 valence electrons. The molecule has 1 heteroatoms. The molecule has 0 aliphatic heterocycles. The average molecular weight is 236 g/mol. The van der Waals surface area contributed by atoms with E-state index in [9.17, 15) is 0 Å². The number of unbranched alkanes of at least 4 members (excludes halogenated alkanes) is 1. The van der Waals surface area contributed by atoms with E-state index in [2.05, 4.69) is 37.3 Å². The first kappa shape index (κ1) is 11.2. The minimum atomic E-state index is 0. The number of rotatable bonds is 5. The SMILES string of the molecule is CCCCC1=[C]([Ti][C]2=CC=CC2)CC=C1.[H-].[H-]. The third-order valence-corrected chi connectivity index (χ3v) is 5.28. The Morgan fingerprint density at radius 1 is 1.33 bits per heavy atom. The second-order valence-electron chi connectivity index (χ2n) is 4.16. The van der Waals surface area contributed by atoms with Crippen LogP contribution < -0.4 is 0 Å². The fourth-order valence-corrected chi connectivity index (χ4v) is 4.17. The molecule has 0 unspecified atom stereocenters. The molecule has 0 N–H and O–H groups in total. The van der Waals surface area contributed by atoms with Crippen molar-refractivity contribution in [3.63, 3.8) is 0 Å². The minimum Gasteiger partial charge on any atom is -1.00 e. The Hall–Kier alpha value is -0.326. The van der Waals surface area contributed by atoms with Crippen LogP contribution in [0.1, 0.15) is 41.9 Å². The maximum Gasteiger partial charge on any atom is -1.00 e. The van der Waals surface area contributed by atoms with Crippen molar-refractivity contribution >= 4 is 0 Å². The number of hydrogen-bond donors (Lipinski definition) is 0. The van der Waals surface area contributed by atoms with Gasteiger partial charge in [-0.2, -0.15) is 0 Å². The van der Waals surface area contributed by atoms with Crippen molar-refractivity contribution in [2.75, 3.05) is 0 Å². The summed E-state index contributed by atoms with van der Waals surface area (Å²) >= 11 is 0.0348. The smallest absolute Gasteiger partial charge is 1.00 e. The van der Waals surface area contributed by atoms with Gasteiger partial charge in [-0.05, 0) is 0 Å². The first-order valence-electron chi connectivity index (χ1n) is 5.91. The van der Waals surface area contributed by atoms with Crippen molar-refractivity contribution < 1.29 is 22.0 Å². The molecule has 2 aliphatic rings. The van der Waals surface area contributed by atoms with Crippen LogP contribution in [0.5, 0.6) is 0 Å². The van der Waals surface area contributed by atoms with Gasteiger partial charge in [0, 0.05) is 0 Å². The van der Waals surface area contributed by atoms with Gasteiger partial charge in [0.05, 0.1) is 0 Å². The standard InChI is InChI=1S/C9H13.C5H5.Ti.2H/c1-2-3-6-9-7-4-5-8-9;1-2-4-5-3-1;;;/h4,7H,2-3,5-6H2,1H3;1-3H,4H2;;;/q;;;2*-1. The molecule has 0 nitrogen and oxygen atoms in total. The molecule has 0 aromatic carbocycles. The van der Waals surface area contributed by atoms with Gasteiger partial charge in [-0.25, -0.2) is 0 Å². The Bertz CT molecular complexity index is 351. The molecule has 2 aliphatic carbocycles. The molecule has 0 aromatic rings. The van der Waals surface area contributed by atoms with E-state index in [1.165, 1.54) is 32.1 Å². The quantitative estimate of drug-likeness (QED) is 0.614. The van der Waals surface area contributed by atoms with Crippen molar-refractivity contribution in [2.24, 2.45) is 0 Å². The van der Waals surface area contributed by atoms with Gasteiger partial charge in [0.15, 0.2) is 0 Å². The van der Waals surface area contributed by atoms with Gasteiger partial charge < -0.3 is 2.85 Å². The second kappa shape index (κ2) is 5.67. The molecule has 0 spiro atoms. The molecule has 15 heavy (non-hydrogen) atoms. The second-order valence-corrected chi connectivity index (χ2v) is 6.50. The summed E-state index contributed by atoms with van der Waals surface area (Å²) in [4.78, 5) is 0. The van der Waals surface area contributed by atoms with E-state index in [1.807, 2.05) is 0 Å². The van der Waals surface area contributed by atoms with Crippen LogP contribution in [0.4, 0.5) is 0 Å². The van der Waals surface area contributed by atoms with Gasteiger partial charge in [0.1, 0.15) is 0 Å². The molecular formula is C14H20Ti-2. The van der Waals surface area contributed by atoms with Gasteiger partial charge in [-0.3, -0.25) is 0 Å². The van der Waals surface area contributed by atoms with Gasteiger partial charge in [-0.15, -0.1) is 0 Å². The van der Waals surface area contributed by atoms with E-state index in [1.54, 1.807) is 13.3 Å². The Morgan fingerprint density at radius 3 is 3.00 bits per heavy atom. The van der Waals surface area contributed by atoms with E-state index in [4.69, 9.17) is 0 Å². The Kier molecular flexibility index (Phi) is 4.23. The molecule has 2 rings (SSSR count).